The van der Waals surface area contributed by atoms with Gasteiger partial charge in [-0.05, 0) is 60.7 Å². The van der Waals surface area contributed by atoms with Crippen LogP contribution in [-0.2, 0) is 22.0 Å². The van der Waals surface area contributed by atoms with E-state index >= 15 is 0 Å². The highest BCUT2D eigenvalue weighted by Crippen LogP contribution is 2.23. The zero-order valence-corrected chi connectivity index (χ0v) is 21.4. The largest absolute Gasteiger partial charge is 0.368 e. The summed E-state index contributed by atoms with van der Waals surface area (Å²) in [5.41, 5.74) is 4.40. The number of rotatable bonds is 8. The van der Waals surface area contributed by atoms with E-state index in [4.69, 9.17) is 0 Å². The lowest BCUT2D eigenvalue weighted by Crippen LogP contribution is -2.49. The Labute approximate surface area is 209 Å². The van der Waals surface area contributed by atoms with Crippen LogP contribution in [0.1, 0.15) is 46.8 Å². The van der Waals surface area contributed by atoms with Gasteiger partial charge in [0.15, 0.2) is 9.84 Å². The van der Waals surface area contributed by atoms with Gasteiger partial charge in [-0.15, -0.1) is 0 Å². The van der Waals surface area contributed by atoms with Crippen molar-refractivity contribution in [3.8, 4) is 0 Å². The highest BCUT2D eigenvalue weighted by molar-refractivity contribution is 7.90. The lowest BCUT2D eigenvalue weighted by molar-refractivity contribution is 0.0746. The van der Waals surface area contributed by atoms with Gasteiger partial charge < -0.3 is 9.80 Å². The number of carbonyl (C=O) groups is 1. The molecule has 0 spiro atoms. The van der Waals surface area contributed by atoms with Crippen LogP contribution in [0, 0.1) is 6.92 Å². The number of carbonyl (C=O) groups excluding carboxylic acids is 1. The SMILES string of the molecule is CCCCc1ccc(CS(=O)(=O)c2ccc(C)c(C(=O)N3CCN(c4ccccc4)CC3)c2)cc1. The Morgan fingerprint density at radius 1 is 0.857 bits per heavy atom. The Morgan fingerprint density at radius 3 is 2.17 bits per heavy atom. The molecule has 1 aliphatic rings. The van der Waals surface area contributed by atoms with Crippen LogP contribution in [0.3, 0.4) is 0 Å². The summed E-state index contributed by atoms with van der Waals surface area (Å²) in [6, 6.07) is 22.9. The maximum atomic E-state index is 13.3. The van der Waals surface area contributed by atoms with Gasteiger partial charge in [-0.1, -0.05) is 61.9 Å². The summed E-state index contributed by atoms with van der Waals surface area (Å²) in [6.45, 7) is 6.73. The molecule has 1 heterocycles. The number of amides is 1. The number of anilines is 1. The van der Waals surface area contributed by atoms with Crippen molar-refractivity contribution >= 4 is 21.4 Å². The Balaban J connectivity index is 1.45. The molecule has 0 N–H and O–H groups in total. The first-order chi connectivity index (χ1) is 16.9. The normalized spacial score (nSPS) is 14.2. The number of unbranched alkanes of at least 4 members (excludes halogenated alkanes) is 1. The first kappa shape index (κ1) is 25.0. The quantitative estimate of drug-likeness (QED) is 0.431. The Kier molecular flexibility index (Phi) is 7.91. The second kappa shape index (κ2) is 11.1. The molecule has 0 unspecified atom stereocenters. The molecule has 1 aliphatic heterocycles. The van der Waals surface area contributed by atoms with Gasteiger partial charge >= 0.3 is 0 Å². The van der Waals surface area contributed by atoms with Gasteiger partial charge in [0, 0.05) is 37.4 Å². The second-order valence-electron chi connectivity index (χ2n) is 9.27. The van der Waals surface area contributed by atoms with Crippen LogP contribution in [0.25, 0.3) is 0 Å². The summed E-state index contributed by atoms with van der Waals surface area (Å²) in [4.78, 5) is 17.6. The van der Waals surface area contributed by atoms with Crippen molar-refractivity contribution in [3.05, 3.63) is 95.1 Å². The number of piperazine rings is 1. The number of aryl methyl sites for hydroxylation is 2. The van der Waals surface area contributed by atoms with Gasteiger partial charge in [-0.3, -0.25) is 4.79 Å². The van der Waals surface area contributed by atoms with Gasteiger partial charge in [0.25, 0.3) is 5.91 Å². The van der Waals surface area contributed by atoms with E-state index < -0.39 is 9.84 Å². The van der Waals surface area contributed by atoms with Crippen LogP contribution in [-0.4, -0.2) is 45.4 Å². The lowest BCUT2D eigenvalue weighted by atomic mass is 10.1. The Morgan fingerprint density at radius 2 is 1.51 bits per heavy atom. The van der Waals surface area contributed by atoms with Crippen LogP contribution in [0.4, 0.5) is 5.69 Å². The average molecular weight is 491 g/mol. The molecule has 35 heavy (non-hydrogen) atoms. The maximum absolute atomic E-state index is 13.3. The fourth-order valence-corrected chi connectivity index (χ4v) is 5.86. The molecule has 3 aromatic rings. The third kappa shape index (κ3) is 6.12. The molecule has 0 bridgehead atoms. The van der Waals surface area contributed by atoms with E-state index in [-0.39, 0.29) is 16.6 Å². The molecule has 1 amide bonds. The minimum Gasteiger partial charge on any atom is -0.368 e. The van der Waals surface area contributed by atoms with E-state index in [1.54, 1.807) is 18.2 Å². The predicted molar refractivity (Wildman–Crippen MR) is 142 cm³/mol. The van der Waals surface area contributed by atoms with Crippen LogP contribution in [0.15, 0.2) is 77.7 Å². The fourth-order valence-electron chi connectivity index (χ4n) is 4.49. The van der Waals surface area contributed by atoms with Gasteiger partial charge in [-0.25, -0.2) is 8.42 Å². The first-order valence-corrected chi connectivity index (χ1v) is 14.0. The highest BCUT2D eigenvalue weighted by Gasteiger charge is 2.25. The third-order valence-corrected chi connectivity index (χ3v) is 8.37. The lowest BCUT2D eigenvalue weighted by Gasteiger charge is -2.36. The van der Waals surface area contributed by atoms with Crippen LogP contribution >= 0.6 is 0 Å². The number of benzene rings is 3. The summed E-state index contributed by atoms with van der Waals surface area (Å²) >= 11 is 0. The molecule has 1 fully saturated rings. The van der Waals surface area contributed by atoms with Crippen molar-refractivity contribution in [2.24, 2.45) is 0 Å². The number of para-hydroxylation sites is 1. The summed E-state index contributed by atoms with van der Waals surface area (Å²) < 4.78 is 26.4. The molecular formula is C29H34N2O3S. The molecule has 5 nitrogen and oxygen atoms in total. The molecule has 0 radical (unpaired) electrons. The first-order valence-electron chi connectivity index (χ1n) is 12.4. The Hall–Kier alpha value is -3.12. The van der Waals surface area contributed by atoms with Crippen LogP contribution < -0.4 is 4.90 Å². The van der Waals surface area contributed by atoms with E-state index in [0.717, 1.165) is 49.2 Å². The van der Waals surface area contributed by atoms with E-state index in [0.29, 0.717) is 18.7 Å². The molecule has 4 rings (SSSR count). The molecule has 6 heteroatoms. The third-order valence-electron chi connectivity index (χ3n) is 6.69. The van der Waals surface area contributed by atoms with Gasteiger partial charge in [0.2, 0.25) is 0 Å². The summed E-state index contributed by atoms with van der Waals surface area (Å²) in [7, 11) is -3.57. The highest BCUT2D eigenvalue weighted by atomic mass is 32.2. The number of sulfone groups is 1. The van der Waals surface area contributed by atoms with Crippen molar-refractivity contribution in [2.45, 2.75) is 43.8 Å². The van der Waals surface area contributed by atoms with Gasteiger partial charge in [0.1, 0.15) is 0 Å². The van der Waals surface area contributed by atoms with Crippen LogP contribution in [0.5, 0.6) is 0 Å². The summed E-state index contributed by atoms with van der Waals surface area (Å²) in [5, 5.41) is 0. The molecule has 184 valence electrons. The number of nitrogens with zero attached hydrogens (tertiary/aromatic N) is 2. The van der Waals surface area contributed by atoms with E-state index in [2.05, 4.69) is 24.0 Å². The van der Waals surface area contributed by atoms with Crippen molar-refractivity contribution in [3.63, 3.8) is 0 Å². The standard InChI is InChI=1S/C29H34N2O3S/c1-3-4-8-24-12-14-25(15-13-24)22-35(33,34)27-16-11-23(2)28(21-27)29(32)31-19-17-30(18-20-31)26-9-6-5-7-10-26/h5-7,9-16,21H,3-4,8,17-20,22H2,1-2H3. The molecule has 0 saturated carbocycles. The van der Waals surface area contributed by atoms with E-state index in [1.165, 1.54) is 5.56 Å². The topological polar surface area (TPSA) is 57.7 Å². The molecule has 3 aromatic carbocycles. The number of hydrogen-bond donors (Lipinski definition) is 0. The molecule has 1 saturated heterocycles. The molecule has 0 atom stereocenters. The van der Waals surface area contributed by atoms with Crippen molar-refractivity contribution in [2.75, 3.05) is 31.1 Å². The molecular weight excluding hydrogens is 456 g/mol. The zero-order valence-electron chi connectivity index (χ0n) is 20.6. The fraction of sp³-hybridized carbons (Fsp3) is 0.345. The predicted octanol–water partition coefficient (Wildman–Crippen LogP) is 5.27. The van der Waals surface area contributed by atoms with Crippen molar-refractivity contribution in [1.29, 1.82) is 0 Å². The monoisotopic (exact) mass is 490 g/mol. The molecule has 0 aliphatic carbocycles. The Bertz CT molecular complexity index is 1250. The van der Waals surface area contributed by atoms with Crippen molar-refractivity contribution in [1.82, 2.24) is 4.90 Å². The zero-order chi connectivity index (χ0) is 24.8. The van der Waals surface area contributed by atoms with Gasteiger partial charge in [0.05, 0.1) is 10.6 Å². The van der Waals surface area contributed by atoms with Crippen LogP contribution in [0.2, 0.25) is 0 Å². The summed E-state index contributed by atoms with van der Waals surface area (Å²) in [6.07, 6.45) is 3.26. The maximum Gasteiger partial charge on any atom is 0.254 e. The van der Waals surface area contributed by atoms with E-state index in [1.807, 2.05) is 54.3 Å². The minimum atomic E-state index is -3.57. The number of hydrogen-bond acceptors (Lipinski definition) is 4. The average Bonchev–Trinajstić information content (AvgIpc) is 2.88. The van der Waals surface area contributed by atoms with E-state index in [9.17, 15) is 13.2 Å². The summed E-state index contributed by atoms with van der Waals surface area (Å²) in [5.74, 6) is -0.180. The minimum absolute atomic E-state index is 0.0759. The smallest absolute Gasteiger partial charge is 0.254 e. The van der Waals surface area contributed by atoms with Crippen molar-refractivity contribution < 1.29 is 13.2 Å². The molecule has 0 aromatic heterocycles. The second-order valence-corrected chi connectivity index (χ2v) is 11.3. The van der Waals surface area contributed by atoms with Gasteiger partial charge in [-0.2, -0.15) is 0 Å².